The normalized spacial score (nSPS) is 12.2. The van der Waals surface area contributed by atoms with Gasteiger partial charge >= 0.3 is 0 Å². The lowest BCUT2D eigenvalue weighted by molar-refractivity contribution is -0.439. The third-order valence-corrected chi connectivity index (χ3v) is 13.0. The minimum absolute atomic E-state index is 0.0223. The molecule has 6 aromatic rings. The van der Waals surface area contributed by atoms with Gasteiger partial charge in [0.05, 0.1) is 31.2 Å². The Morgan fingerprint density at radius 3 is 1.92 bits per heavy atom. The molecule has 1 aliphatic rings. The number of benzene rings is 5. The number of para-hydroxylation sites is 5. The number of allylic oxidation sites excluding steroid dienone is 5. The van der Waals surface area contributed by atoms with Crippen LogP contribution in [0.3, 0.4) is 0 Å². The highest BCUT2D eigenvalue weighted by molar-refractivity contribution is 7.85. The van der Waals surface area contributed by atoms with Crippen molar-refractivity contribution in [2.75, 3.05) is 49.4 Å². The lowest BCUT2D eigenvalue weighted by Crippen LogP contribution is -2.21. The number of hydrogen-bond donors (Lipinski definition) is 1. The van der Waals surface area contributed by atoms with Crippen LogP contribution >= 0.6 is 11.3 Å². The van der Waals surface area contributed by atoms with E-state index < -0.39 is 39.1 Å². The molecule has 0 atom stereocenters. The summed E-state index contributed by atoms with van der Waals surface area (Å²) in [6.07, 6.45) is 7.10. The number of halogens is 4. The van der Waals surface area contributed by atoms with E-state index in [1.807, 2.05) is 36.4 Å². The molecule has 7 rings (SSSR count). The zero-order valence-electron chi connectivity index (χ0n) is 36.4. The van der Waals surface area contributed by atoms with Crippen molar-refractivity contribution in [1.29, 1.82) is 5.26 Å². The van der Waals surface area contributed by atoms with E-state index in [-0.39, 0.29) is 43.0 Å². The maximum Gasteiger partial charge on any atom is 0.277 e. The van der Waals surface area contributed by atoms with Crippen LogP contribution in [-0.2, 0) is 10.1 Å². The molecule has 0 radical (unpaired) electrons. The predicted octanol–water partition coefficient (Wildman–Crippen LogP) is 12.2. The first-order valence-electron chi connectivity index (χ1n) is 20.9. The average molecular weight is 934 g/mol. The maximum atomic E-state index is 15.2. The molecule has 1 aromatic heterocycles. The van der Waals surface area contributed by atoms with Crippen LogP contribution in [0.1, 0.15) is 36.3 Å². The van der Waals surface area contributed by atoms with Crippen LogP contribution in [0.5, 0.6) is 11.5 Å². The van der Waals surface area contributed by atoms with Gasteiger partial charge in [-0.15, -0.1) is 11.3 Å². The number of ether oxygens (including phenoxy) is 2. The average Bonchev–Trinajstić information content (AvgIpc) is 3.69. The van der Waals surface area contributed by atoms with Crippen molar-refractivity contribution >= 4 is 60.5 Å². The number of thiophene rings is 1. The van der Waals surface area contributed by atoms with Gasteiger partial charge in [-0.05, 0) is 98.2 Å². The Morgan fingerprint density at radius 2 is 1.35 bits per heavy atom. The van der Waals surface area contributed by atoms with Gasteiger partial charge in [0.25, 0.3) is 15.8 Å². The number of nitriles is 1. The molecule has 0 saturated carbocycles. The highest BCUT2D eigenvalue weighted by Crippen LogP contribution is 2.52. The molecule has 0 spiro atoms. The molecule has 0 amide bonds. The SMILES string of the molecule is CCN(c1ccc(C(=C2C=CC(=[N+](CC)c3c(F)cccc3F)C=C2)c2sc(N(CCCS(=O)(=O)O)c3ccccc3OC)c(C#N)c2-c2ccccc2OC)cc1)c1c(F)cccc1F. The molecule has 0 unspecified atom stereocenters. The highest BCUT2D eigenvalue weighted by Gasteiger charge is 2.31. The Hall–Kier alpha value is -6.99. The standard InChI is InChI=1S/C51H44F4N4O5S2/c1-5-57(48-39(52)15-11-16-40(48)53)35-26-22-33(23-27-35)46(34-24-28-36(29-25-34)58(6-2)49-41(54)17-12-18-42(49)55)50-47(37-14-7-9-20-44(37)63-3)38(32-56)51(65-50)59(30-13-31-66(60,61)62)43-19-8-10-21-45(43)64-4/h7-12,14-29H,5-6,13,30-31H2,1-4H3/p+1. The molecule has 9 nitrogen and oxygen atoms in total. The number of methoxy groups -OCH3 is 2. The molecule has 15 heteroatoms. The summed E-state index contributed by atoms with van der Waals surface area (Å²) in [6.45, 7) is 4.08. The smallest absolute Gasteiger partial charge is 0.277 e. The largest absolute Gasteiger partial charge is 0.496 e. The van der Waals surface area contributed by atoms with E-state index >= 15 is 17.6 Å². The fraction of sp³-hybridized carbons (Fsp3) is 0.176. The molecule has 0 aliphatic heterocycles. The van der Waals surface area contributed by atoms with Crippen molar-refractivity contribution in [2.45, 2.75) is 20.3 Å². The van der Waals surface area contributed by atoms with Gasteiger partial charge in [0.2, 0.25) is 5.71 Å². The second kappa shape index (κ2) is 20.5. The lowest BCUT2D eigenvalue weighted by Gasteiger charge is -2.25. The van der Waals surface area contributed by atoms with Gasteiger partial charge in [-0.2, -0.15) is 27.0 Å². The number of rotatable bonds is 16. The van der Waals surface area contributed by atoms with Crippen LogP contribution in [-0.4, -0.2) is 62.9 Å². The molecule has 0 fully saturated rings. The maximum absolute atomic E-state index is 15.2. The lowest BCUT2D eigenvalue weighted by atomic mass is 9.90. The van der Waals surface area contributed by atoms with Gasteiger partial charge in [0.1, 0.15) is 46.4 Å². The summed E-state index contributed by atoms with van der Waals surface area (Å²) >= 11 is 1.26. The van der Waals surface area contributed by atoms with E-state index in [1.165, 1.54) is 71.4 Å². The van der Waals surface area contributed by atoms with E-state index in [9.17, 15) is 18.2 Å². The van der Waals surface area contributed by atoms with Gasteiger partial charge in [-0.25, -0.2) is 8.78 Å². The topological polar surface area (TPSA) is 106 Å². The fourth-order valence-corrected chi connectivity index (χ4v) is 9.95. The summed E-state index contributed by atoms with van der Waals surface area (Å²) in [5.74, 6) is -2.55. The Morgan fingerprint density at radius 1 is 0.758 bits per heavy atom. The van der Waals surface area contributed by atoms with Crippen molar-refractivity contribution < 1.29 is 44.6 Å². The Bertz CT molecular complexity index is 3010. The molecule has 1 N–H and O–H groups in total. The molecule has 66 heavy (non-hydrogen) atoms. The van der Waals surface area contributed by atoms with Gasteiger partial charge < -0.3 is 19.3 Å². The summed E-state index contributed by atoms with van der Waals surface area (Å²) in [7, 11) is -1.33. The van der Waals surface area contributed by atoms with Crippen molar-refractivity contribution in [3.8, 4) is 28.7 Å². The van der Waals surface area contributed by atoms with Gasteiger partial charge in [0.15, 0.2) is 11.6 Å². The summed E-state index contributed by atoms with van der Waals surface area (Å²) in [5.41, 5.74) is 4.28. The third kappa shape index (κ3) is 9.67. The first-order valence-corrected chi connectivity index (χ1v) is 23.3. The zero-order valence-corrected chi connectivity index (χ0v) is 38.1. The molecule has 1 aliphatic carbocycles. The fourth-order valence-electron chi connectivity index (χ4n) is 8.06. The quantitative estimate of drug-likeness (QED) is 0.0581. The first kappa shape index (κ1) is 47.0. The first-order chi connectivity index (χ1) is 31.8. The van der Waals surface area contributed by atoms with Crippen molar-refractivity contribution in [1.82, 2.24) is 0 Å². The van der Waals surface area contributed by atoms with Crippen LogP contribution in [0.15, 0.2) is 139 Å². The second-order valence-electron chi connectivity index (χ2n) is 14.9. The molecule has 338 valence electrons. The summed E-state index contributed by atoms with van der Waals surface area (Å²) in [6, 6.07) is 31.3. The van der Waals surface area contributed by atoms with Crippen molar-refractivity contribution in [3.63, 3.8) is 0 Å². The van der Waals surface area contributed by atoms with Crippen LogP contribution in [0.4, 0.5) is 45.3 Å². The van der Waals surface area contributed by atoms with Gasteiger partial charge in [0, 0.05) is 52.5 Å². The molecule has 1 heterocycles. The van der Waals surface area contributed by atoms with Crippen molar-refractivity contribution in [3.05, 3.63) is 178 Å². The van der Waals surface area contributed by atoms with E-state index in [2.05, 4.69) is 6.07 Å². The number of nitrogens with zero attached hydrogens (tertiary/aromatic N) is 4. The van der Waals surface area contributed by atoms with Crippen molar-refractivity contribution in [2.24, 2.45) is 0 Å². The summed E-state index contributed by atoms with van der Waals surface area (Å²) in [4.78, 5) is 3.91. The van der Waals surface area contributed by atoms with Crippen LogP contribution < -0.4 is 19.3 Å². The third-order valence-electron chi connectivity index (χ3n) is 11.0. The second-order valence-corrected chi connectivity index (χ2v) is 17.4. The molecular weight excluding hydrogens is 889 g/mol. The van der Waals surface area contributed by atoms with E-state index in [4.69, 9.17) is 9.47 Å². The number of hydrogen-bond acceptors (Lipinski definition) is 8. The summed E-state index contributed by atoms with van der Waals surface area (Å²) < 4.78 is 108. The Kier molecular flexibility index (Phi) is 14.6. The van der Waals surface area contributed by atoms with Crippen LogP contribution in [0, 0.1) is 34.6 Å². The summed E-state index contributed by atoms with van der Waals surface area (Å²) in [5, 5.41) is 11.7. The van der Waals surface area contributed by atoms with E-state index in [0.717, 1.165) is 0 Å². The van der Waals surface area contributed by atoms with Crippen LogP contribution in [0.25, 0.3) is 16.7 Å². The van der Waals surface area contributed by atoms with Crippen LogP contribution in [0.2, 0.25) is 0 Å². The van der Waals surface area contributed by atoms with E-state index in [0.29, 0.717) is 66.3 Å². The zero-order chi connectivity index (χ0) is 47.1. The minimum atomic E-state index is -4.36. The highest BCUT2D eigenvalue weighted by atomic mass is 32.2. The Labute approximate surface area is 385 Å². The Balaban J connectivity index is 1.53. The molecule has 0 saturated heterocycles. The van der Waals surface area contributed by atoms with Gasteiger partial charge in [-0.1, -0.05) is 54.6 Å². The van der Waals surface area contributed by atoms with E-state index in [1.54, 1.807) is 79.4 Å². The molecular formula is C51H45F4N4O5S2+. The monoisotopic (exact) mass is 933 g/mol. The number of anilines is 4. The van der Waals surface area contributed by atoms with Gasteiger partial charge in [-0.3, -0.25) is 4.55 Å². The minimum Gasteiger partial charge on any atom is -0.496 e. The molecule has 5 aromatic carbocycles. The molecule has 0 bridgehead atoms. The predicted molar refractivity (Wildman–Crippen MR) is 254 cm³/mol.